The van der Waals surface area contributed by atoms with E-state index >= 15 is 0 Å². The van der Waals surface area contributed by atoms with Crippen molar-refractivity contribution in [2.45, 2.75) is 77.0 Å². The van der Waals surface area contributed by atoms with Crippen LogP contribution in [0.1, 0.15) is 99.9 Å². The van der Waals surface area contributed by atoms with E-state index in [1.807, 2.05) is 0 Å². The third kappa shape index (κ3) is 4.49. The first-order valence-electron chi connectivity index (χ1n) is 21.7. The van der Waals surface area contributed by atoms with E-state index in [1.54, 1.807) is 0 Å². The maximum atomic E-state index is 2.67. The van der Waals surface area contributed by atoms with Crippen molar-refractivity contribution in [3.8, 4) is 22.3 Å². The molecule has 12 rings (SSSR count). The topological polar surface area (TPSA) is 6.48 Å². The lowest BCUT2D eigenvalue weighted by molar-refractivity contribution is 0.567. The quantitative estimate of drug-likeness (QED) is 0.176. The number of hydrogen-bond donors (Lipinski definition) is 0. The van der Waals surface area contributed by atoms with E-state index in [0.717, 1.165) is 11.4 Å². The number of benzene rings is 8. The molecule has 2 nitrogen and oxygen atoms in total. The van der Waals surface area contributed by atoms with Crippen LogP contribution < -0.4 is 9.80 Å². The second-order valence-corrected chi connectivity index (χ2v) is 19.9. The minimum absolute atomic E-state index is 0.0971. The van der Waals surface area contributed by atoms with Crippen molar-refractivity contribution in [3.05, 3.63) is 202 Å². The van der Waals surface area contributed by atoms with E-state index in [-0.39, 0.29) is 21.7 Å². The summed E-state index contributed by atoms with van der Waals surface area (Å²) in [5.74, 6) is 0. The third-order valence-corrected chi connectivity index (χ3v) is 15.1. The predicted molar refractivity (Wildman–Crippen MR) is 253 cm³/mol. The van der Waals surface area contributed by atoms with Gasteiger partial charge in [-0.15, -0.1) is 0 Å². The minimum atomic E-state index is -0.200. The molecule has 60 heavy (non-hydrogen) atoms. The Morgan fingerprint density at radius 2 is 0.767 bits per heavy atom. The van der Waals surface area contributed by atoms with Crippen molar-refractivity contribution in [2.24, 2.45) is 0 Å². The number of rotatable bonds is 4. The van der Waals surface area contributed by atoms with E-state index in [2.05, 4.69) is 223 Å². The number of nitrogens with zero attached hydrogens (tertiary/aromatic N) is 2. The Morgan fingerprint density at radius 1 is 0.317 bits per heavy atom. The Morgan fingerprint density at radius 3 is 1.38 bits per heavy atom. The summed E-state index contributed by atoms with van der Waals surface area (Å²) >= 11 is 0. The molecule has 8 aromatic carbocycles. The van der Waals surface area contributed by atoms with Crippen molar-refractivity contribution in [1.29, 1.82) is 0 Å². The highest BCUT2D eigenvalue weighted by Crippen LogP contribution is 2.66. The van der Waals surface area contributed by atoms with Gasteiger partial charge in [0.25, 0.3) is 0 Å². The van der Waals surface area contributed by atoms with E-state index < -0.39 is 0 Å². The van der Waals surface area contributed by atoms with Gasteiger partial charge in [0.05, 0.1) is 17.1 Å². The summed E-state index contributed by atoms with van der Waals surface area (Å²) in [4.78, 5) is 5.08. The van der Waals surface area contributed by atoms with Crippen LogP contribution in [0.5, 0.6) is 0 Å². The molecule has 0 radical (unpaired) electrons. The van der Waals surface area contributed by atoms with Gasteiger partial charge in [-0.3, -0.25) is 0 Å². The SMILES string of the molecule is CC1(C)c2cc(-c3cc4c5c(c3)C(C)(C)c3cccc6c3N5c3c(cccc3C4(C)C)C6(C)C)ccc2-c2ccc(N(c3ccccc3)c3ccc4ccccc4c3)cc21. The summed E-state index contributed by atoms with van der Waals surface area (Å²) < 4.78 is 0. The molecule has 2 heteroatoms. The van der Waals surface area contributed by atoms with Crippen LogP contribution in [-0.4, -0.2) is 0 Å². The molecule has 0 atom stereocenters. The number of para-hydroxylation sites is 3. The predicted octanol–water partition coefficient (Wildman–Crippen LogP) is 15.7. The molecule has 1 aliphatic carbocycles. The molecule has 3 aliphatic heterocycles. The Labute approximate surface area is 354 Å². The van der Waals surface area contributed by atoms with E-state index in [4.69, 9.17) is 0 Å². The van der Waals surface area contributed by atoms with Gasteiger partial charge < -0.3 is 9.80 Å². The maximum Gasteiger partial charge on any atom is 0.0544 e. The van der Waals surface area contributed by atoms with Gasteiger partial charge in [-0.1, -0.05) is 159 Å². The standard InChI is InChI=1S/C58H50N2/c1-55(2)44-20-14-22-46-52(44)60-53-45(55)21-15-23-47(53)57(5,6)51-33-38(32-50(54(51)60)56(46,3)4)37-25-28-42-43-29-27-41(34-49(43)58(7,8)48(42)31-37)59(39-18-10-9-11-19-39)40-26-24-35-16-12-13-17-36(35)30-40/h9-34H,1-8H3. The average Bonchev–Trinajstić information content (AvgIpc) is 3.47. The lowest BCUT2D eigenvalue weighted by atomic mass is 9.60. The molecule has 8 aromatic rings. The van der Waals surface area contributed by atoms with Crippen LogP contribution in [0.25, 0.3) is 33.0 Å². The molecule has 0 bridgehead atoms. The highest BCUT2D eigenvalue weighted by atomic mass is 15.2. The molecule has 0 saturated carbocycles. The van der Waals surface area contributed by atoms with Crippen molar-refractivity contribution >= 4 is 44.9 Å². The molecule has 0 aromatic heterocycles. The Balaban J connectivity index is 1.00. The van der Waals surface area contributed by atoms with Gasteiger partial charge in [0.15, 0.2) is 0 Å². The first-order valence-corrected chi connectivity index (χ1v) is 21.7. The van der Waals surface area contributed by atoms with Crippen molar-refractivity contribution in [1.82, 2.24) is 0 Å². The molecular formula is C58H50N2. The summed E-state index contributed by atoms with van der Waals surface area (Å²) in [7, 11) is 0. The summed E-state index contributed by atoms with van der Waals surface area (Å²) in [5.41, 5.74) is 23.5. The van der Waals surface area contributed by atoms with Crippen LogP contribution in [0.15, 0.2) is 158 Å². The molecule has 0 N–H and O–H groups in total. The van der Waals surface area contributed by atoms with Crippen molar-refractivity contribution in [2.75, 3.05) is 9.80 Å². The van der Waals surface area contributed by atoms with Crippen LogP contribution in [0.4, 0.5) is 34.1 Å². The molecule has 3 heterocycles. The van der Waals surface area contributed by atoms with Gasteiger partial charge in [0.2, 0.25) is 0 Å². The molecule has 0 unspecified atom stereocenters. The van der Waals surface area contributed by atoms with Gasteiger partial charge >= 0.3 is 0 Å². The highest BCUT2D eigenvalue weighted by Gasteiger charge is 2.51. The lowest BCUT2D eigenvalue weighted by Crippen LogP contribution is -2.43. The van der Waals surface area contributed by atoms with Crippen LogP contribution in [-0.2, 0) is 21.7 Å². The summed E-state index contributed by atoms with van der Waals surface area (Å²) in [6, 6.07) is 59.8. The second kappa shape index (κ2) is 11.7. The van der Waals surface area contributed by atoms with Gasteiger partial charge in [-0.05, 0) is 132 Å². The first kappa shape index (κ1) is 35.6. The Bertz CT molecular complexity index is 3070. The second-order valence-electron chi connectivity index (χ2n) is 19.9. The largest absolute Gasteiger partial charge is 0.310 e. The van der Waals surface area contributed by atoms with Gasteiger partial charge in [0.1, 0.15) is 0 Å². The first-order chi connectivity index (χ1) is 28.8. The summed E-state index contributed by atoms with van der Waals surface area (Å²) in [6.07, 6.45) is 0. The molecule has 292 valence electrons. The zero-order valence-corrected chi connectivity index (χ0v) is 35.9. The van der Waals surface area contributed by atoms with E-state index in [0.29, 0.717) is 0 Å². The third-order valence-electron chi connectivity index (χ3n) is 15.1. The molecule has 0 fully saturated rings. The molecule has 0 amide bonds. The number of hydrogen-bond acceptors (Lipinski definition) is 2. The van der Waals surface area contributed by atoms with E-state index in [1.165, 1.54) is 100 Å². The van der Waals surface area contributed by atoms with Gasteiger partial charge in [-0.2, -0.15) is 0 Å². The van der Waals surface area contributed by atoms with Crippen LogP contribution in [0.3, 0.4) is 0 Å². The van der Waals surface area contributed by atoms with Crippen molar-refractivity contribution in [3.63, 3.8) is 0 Å². The van der Waals surface area contributed by atoms with Crippen LogP contribution >= 0.6 is 0 Å². The fraction of sp³-hybridized carbons (Fsp3) is 0.207. The minimum Gasteiger partial charge on any atom is -0.310 e. The summed E-state index contributed by atoms with van der Waals surface area (Å²) in [6.45, 7) is 19.5. The molecule has 0 saturated heterocycles. The maximum absolute atomic E-state index is 2.67. The Kier molecular flexibility index (Phi) is 6.91. The normalized spacial score (nSPS) is 17.2. The molecule has 4 aliphatic rings. The Hall–Kier alpha value is -6.38. The lowest BCUT2D eigenvalue weighted by Gasteiger charge is -2.55. The number of fused-ring (bicyclic) bond motifs is 4. The van der Waals surface area contributed by atoms with Crippen molar-refractivity contribution < 1.29 is 0 Å². The fourth-order valence-corrected chi connectivity index (χ4v) is 11.7. The average molecular weight is 775 g/mol. The monoisotopic (exact) mass is 774 g/mol. The summed E-state index contributed by atoms with van der Waals surface area (Å²) in [5, 5.41) is 2.49. The van der Waals surface area contributed by atoms with Gasteiger partial charge in [-0.25, -0.2) is 0 Å². The highest BCUT2D eigenvalue weighted by molar-refractivity contribution is 5.99. The molecular weight excluding hydrogens is 725 g/mol. The smallest absolute Gasteiger partial charge is 0.0544 e. The van der Waals surface area contributed by atoms with Gasteiger partial charge in [0, 0.05) is 38.7 Å². The van der Waals surface area contributed by atoms with Crippen LogP contribution in [0, 0.1) is 0 Å². The number of anilines is 6. The zero-order valence-electron chi connectivity index (χ0n) is 35.9. The van der Waals surface area contributed by atoms with E-state index in [9.17, 15) is 0 Å². The molecule has 0 spiro atoms. The zero-order chi connectivity index (χ0) is 41.1. The van der Waals surface area contributed by atoms with Crippen LogP contribution in [0.2, 0.25) is 0 Å². The fourth-order valence-electron chi connectivity index (χ4n) is 11.7.